The molecule has 1 aliphatic rings. The van der Waals surface area contributed by atoms with Crippen LogP contribution in [0, 0.1) is 0 Å². The summed E-state index contributed by atoms with van der Waals surface area (Å²) in [5, 5.41) is 10.4. The molecule has 0 bridgehead atoms. The van der Waals surface area contributed by atoms with Gasteiger partial charge in [-0.05, 0) is 24.3 Å². The highest BCUT2D eigenvalue weighted by Crippen LogP contribution is 2.34. The zero-order chi connectivity index (χ0) is 18.0. The summed E-state index contributed by atoms with van der Waals surface area (Å²) < 4.78 is 11.1. The third kappa shape index (κ3) is 3.75. The molecule has 1 aliphatic heterocycles. The van der Waals surface area contributed by atoms with Crippen LogP contribution in [0.2, 0.25) is 10.0 Å². The molecular weight excluding hydrogens is 367 g/mol. The highest BCUT2D eigenvalue weighted by Gasteiger charge is 2.27. The van der Waals surface area contributed by atoms with Crippen molar-refractivity contribution in [2.45, 2.75) is 6.10 Å². The number of hydrogen-bond donors (Lipinski definition) is 3. The van der Waals surface area contributed by atoms with Crippen LogP contribution in [0.5, 0.6) is 17.2 Å². The molecule has 0 saturated heterocycles. The number of rotatable bonds is 4. The first-order chi connectivity index (χ1) is 12.0. The van der Waals surface area contributed by atoms with Gasteiger partial charge in [0.25, 0.3) is 5.91 Å². The first kappa shape index (κ1) is 17.3. The van der Waals surface area contributed by atoms with Crippen LogP contribution in [0.3, 0.4) is 0 Å². The highest BCUT2D eigenvalue weighted by molar-refractivity contribution is 6.35. The smallest absolute Gasteiger partial charge is 0.282 e. The van der Waals surface area contributed by atoms with Gasteiger partial charge < -0.3 is 14.6 Å². The summed E-state index contributed by atoms with van der Waals surface area (Å²) in [7, 11) is 0. The van der Waals surface area contributed by atoms with Gasteiger partial charge in [0.1, 0.15) is 12.4 Å². The average Bonchev–Trinajstić information content (AvgIpc) is 2.62. The molecule has 0 saturated carbocycles. The number of phenolic OH excluding ortho intramolecular Hbond substituents is 1. The van der Waals surface area contributed by atoms with Gasteiger partial charge in [-0.2, -0.15) is 0 Å². The van der Waals surface area contributed by atoms with Crippen LogP contribution in [0.1, 0.15) is 5.56 Å². The lowest BCUT2D eigenvalue weighted by molar-refractivity contribution is -0.131. The Kier molecular flexibility index (Phi) is 4.92. The third-order valence-electron chi connectivity index (χ3n) is 3.49. The summed E-state index contributed by atoms with van der Waals surface area (Å²) in [4.78, 5) is 12.2. The van der Waals surface area contributed by atoms with Crippen molar-refractivity contribution in [3.8, 4) is 17.2 Å². The number of para-hydroxylation sites is 2. The minimum Gasteiger partial charge on any atom is -0.506 e. The molecule has 1 heterocycles. The van der Waals surface area contributed by atoms with Crippen LogP contribution in [0.15, 0.2) is 43.0 Å². The van der Waals surface area contributed by atoms with Gasteiger partial charge in [-0.15, -0.1) is 0 Å². The quantitative estimate of drug-likeness (QED) is 0.710. The maximum absolute atomic E-state index is 12.2. The monoisotopic (exact) mass is 380 g/mol. The van der Waals surface area contributed by atoms with Gasteiger partial charge >= 0.3 is 0 Å². The number of carbonyl (C=O) groups excluding carboxylic acids is 1. The van der Waals surface area contributed by atoms with Crippen molar-refractivity contribution >= 4 is 34.8 Å². The molecule has 1 amide bonds. The topological polar surface area (TPSA) is 79.8 Å². The lowest BCUT2D eigenvalue weighted by Gasteiger charge is -2.26. The number of aromatic hydroxyl groups is 1. The summed E-state index contributed by atoms with van der Waals surface area (Å²) in [5.41, 5.74) is 5.55. The Morgan fingerprint density at radius 3 is 2.68 bits per heavy atom. The summed E-state index contributed by atoms with van der Waals surface area (Å²) in [6, 6.07) is 9.95. The Morgan fingerprint density at radius 2 is 1.92 bits per heavy atom. The number of phenols is 1. The van der Waals surface area contributed by atoms with E-state index in [9.17, 15) is 9.90 Å². The zero-order valence-electron chi connectivity index (χ0n) is 12.9. The molecule has 2 aromatic rings. The molecule has 25 heavy (non-hydrogen) atoms. The molecule has 130 valence electrons. The molecule has 0 fully saturated rings. The minimum absolute atomic E-state index is 0.0746. The Morgan fingerprint density at radius 1 is 1.20 bits per heavy atom. The molecule has 0 unspecified atom stereocenters. The molecule has 8 heteroatoms. The van der Waals surface area contributed by atoms with E-state index in [1.165, 1.54) is 12.1 Å². The number of halogens is 2. The number of nitrogens with one attached hydrogen (secondary N) is 2. The summed E-state index contributed by atoms with van der Waals surface area (Å²) in [5.74, 6) is 0.432. The first-order valence-electron chi connectivity index (χ1n) is 7.27. The second kappa shape index (κ2) is 7.13. The lowest BCUT2D eigenvalue weighted by atomic mass is 10.1. The van der Waals surface area contributed by atoms with Crippen molar-refractivity contribution in [1.29, 1.82) is 0 Å². The van der Waals surface area contributed by atoms with E-state index in [1.807, 2.05) is 6.07 Å². The number of carbonyl (C=O) groups is 1. The Balaban J connectivity index is 1.62. The van der Waals surface area contributed by atoms with E-state index >= 15 is 0 Å². The molecule has 1 atom stereocenters. The fourth-order valence-electron chi connectivity index (χ4n) is 2.23. The minimum atomic E-state index is -0.827. The van der Waals surface area contributed by atoms with Gasteiger partial charge in [0, 0.05) is 10.6 Å². The second-order valence-electron chi connectivity index (χ2n) is 5.24. The van der Waals surface area contributed by atoms with Gasteiger partial charge in [-0.1, -0.05) is 41.9 Å². The number of amides is 1. The SMILES string of the molecule is C=C(NNC(=O)[C@@H]1COc2ccccc2O1)c1cc(Cl)cc(Cl)c1O. The van der Waals surface area contributed by atoms with Crippen LogP contribution in [-0.4, -0.2) is 23.7 Å². The van der Waals surface area contributed by atoms with E-state index in [-0.39, 0.29) is 28.6 Å². The fraction of sp³-hybridized carbons (Fsp3) is 0.118. The van der Waals surface area contributed by atoms with Crippen molar-refractivity contribution in [3.05, 3.63) is 58.6 Å². The molecular formula is C17H14Cl2N2O4. The first-order valence-corrected chi connectivity index (χ1v) is 8.03. The number of benzene rings is 2. The van der Waals surface area contributed by atoms with Crippen LogP contribution < -0.4 is 20.3 Å². The van der Waals surface area contributed by atoms with Gasteiger partial charge in [-0.25, -0.2) is 0 Å². The lowest BCUT2D eigenvalue weighted by Crippen LogP contribution is -2.48. The van der Waals surface area contributed by atoms with E-state index < -0.39 is 12.0 Å². The second-order valence-corrected chi connectivity index (χ2v) is 6.08. The summed E-state index contributed by atoms with van der Waals surface area (Å²) in [6.07, 6.45) is -0.827. The Labute approximate surface area is 153 Å². The van der Waals surface area contributed by atoms with E-state index in [0.29, 0.717) is 16.5 Å². The molecule has 3 N–H and O–H groups in total. The molecule has 0 spiro atoms. The van der Waals surface area contributed by atoms with E-state index in [4.69, 9.17) is 32.7 Å². The number of ether oxygens (including phenoxy) is 2. The number of hydrogen-bond acceptors (Lipinski definition) is 5. The van der Waals surface area contributed by atoms with E-state index in [0.717, 1.165) is 0 Å². The predicted octanol–water partition coefficient (Wildman–Crippen LogP) is 3.13. The van der Waals surface area contributed by atoms with Crippen molar-refractivity contribution in [1.82, 2.24) is 10.9 Å². The van der Waals surface area contributed by atoms with E-state index in [1.54, 1.807) is 18.2 Å². The summed E-state index contributed by atoms with van der Waals surface area (Å²) in [6.45, 7) is 3.82. The standard InChI is InChI=1S/C17H14Cl2N2O4/c1-9(11-6-10(18)7-12(19)16(11)22)20-21-17(23)15-8-24-13-4-2-3-5-14(13)25-15/h2-7,15,20,22H,1,8H2,(H,21,23)/t15-/m0/s1. The molecule has 2 aromatic carbocycles. The maximum Gasteiger partial charge on any atom is 0.282 e. The molecule has 0 radical (unpaired) electrons. The largest absolute Gasteiger partial charge is 0.506 e. The van der Waals surface area contributed by atoms with Crippen molar-refractivity contribution in [2.24, 2.45) is 0 Å². The average molecular weight is 381 g/mol. The molecule has 6 nitrogen and oxygen atoms in total. The Hall–Kier alpha value is -2.57. The van der Waals surface area contributed by atoms with Crippen LogP contribution in [-0.2, 0) is 4.79 Å². The zero-order valence-corrected chi connectivity index (χ0v) is 14.4. The van der Waals surface area contributed by atoms with E-state index in [2.05, 4.69) is 17.4 Å². The normalized spacial score (nSPS) is 15.4. The van der Waals surface area contributed by atoms with Gasteiger partial charge in [0.15, 0.2) is 11.5 Å². The van der Waals surface area contributed by atoms with Crippen LogP contribution in [0.25, 0.3) is 5.70 Å². The Bertz CT molecular complexity index is 841. The van der Waals surface area contributed by atoms with Gasteiger partial charge in [0.05, 0.1) is 10.7 Å². The highest BCUT2D eigenvalue weighted by atomic mass is 35.5. The van der Waals surface area contributed by atoms with Crippen LogP contribution in [0.4, 0.5) is 0 Å². The van der Waals surface area contributed by atoms with Crippen molar-refractivity contribution in [3.63, 3.8) is 0 Å². The summed E-state index contributed by atoms with van der Waals surface area (Å²) >= 11 is 11.8. The van der Waals surface area contributed by atoms with Gasteiger partial charge in [-0.3, -0.25) is 15.6 Å². The number of fused-ring (bicyclic) bond motifs is 1. The molecule has 0 aromatic heterocycles. The molecule has 0 aliphatic carbocycles. The molecule has 3 rings (SSSR count). The maximum atomic E-state index is 12.2. The number of hydrazine groups is 1. The van der Waals surface area contributed by atoms with Crippen LogP contribution >= 0.6 is 23.2 Å². The predicted molar refractivity (Wildman–Crippen MR) is 94.8 cm³/mol. The van der Waals surface area contributed by atoms with Crippen molar-refractivity contribution in [2.75, 3.05) is 6.61 Å². The van der Waals surface area contributed by atoms with Crippen molar-refractivity contribution < 1.29 is 19.4 Å². The van der Waals surface area contributed by atoms with Gasteiger partial charge in [0.2, 0.25) is 6.10 Å². The third-order valence-corrected chi connectivity index (χ3v) is 4.00. The fourth-order valence-corrected chi connectivity index (χ4v) is 2.72.